The molecule has 2 aromatic carbocycles. The number of ether oxygens (including phenoxy) is 3. The van der Waals surface area contributed by atoms with Gasteiger partial charge in [-0.25, -0.2) is 13.2 Å². The molecule has 0 aliphatic carbocycles. The van der Waals surface area contributed by atoms with Crippen LogP contribution in [0, 0.1) is 13.8 Å². The monoisotopic (exact) mass is 557 g/mol. The van der Waals surface area contributed by atoms with Crippen molar-refractivity contribution < 1.29 is 32.2 Å². The van der Waals surface area contributed by atoms with Crippen molar-refractivity contribution in [1.82, 2.24) is 14.1 Å². The zero-order chi connectivity index (χ0) is 27.9. The van der Waals surface area contributed by atoms with Gasteiger partial charge in [0.2, 0.25) is 10.0 Å². The molecular formula is C28H35N3O7S. The van der Waals surface area contributed by atoms with Gasteiger partial charge in [-0.15, -0.1) is 0 Å². The van der Waals surface area contributed by atoms with Crippen LogP contribution in [-0.4, -0.2) is 99.2 Å². The summed E-state index contributed by atoms with van der Waals surface area (Å²) in [7, 11) is -0.681. The standard InChI is InChI=1S/C28H35N3O7S/c1-19-8-9-20(2)23(12-19)26(32)29-14-24(36-3)25(15-29)38-22-7-5-6-21(13-22)16-39(34,35)31-11-10-28(31)17-30(18-28)27(33)37-4/h5-9,12-13,24-25H,10-11,14-18H2,1-4H3/t24-,25-/m1/s1. The van der Waals surface area contributed by atoms with Gasteiger partial charge in [-0.1, -0.05) is 29.8 Å². The second-order valence-corrected chi connectivity index (χ2v) is 12.6. The Labute approximate surface area is 229 Å². The zero-order valence-electron chi connectivity index (χ0n) is 22.8. The van der Waals surface area contributed by atoms with Crippen molar-refractivity contribution in [2.24, 2.45) is 0 Å². The Morgan fingerprint density at radius 3 is 2.41 bits per heavy atom. The van der Waals surface area contributed by atoms with Crippen LogP contribution in [0.1, 0.15) is 33.5 Å². The molecule has 210 valence electrons. The highest BCUT2D eigenvalue weighted by Gasteiger charge is 2.59. The summed E-state index contributed by atoms with van der Waals surface area (Å²) >= 11 is 0. The van der Waals surface area contributed by atoms with Gasteiger partial charge in [0.1, 0.15) is 18.0 Å². The maximum atomic E-state index is 13.3. The number of amides is 2. The lowest BCUT2D eigenvalue weighted by Gasteiger charge is -2.60. The third-order valence-electron chi connectivity index (χ3n) is 8.01. The summed E-state index contributed by atoms with van der Waals surface area (Å²) in [5.41, 5.74) is 2.69. The smallest absolute Gasteiger partial charge is 0.409 e. The van der Waals surface area contributed by atoms with Gasteiger partial charge >= 0.3 is 6.09 Å². The highest BCUT2D eigenvalue weighted by atomic mass is 32.2. The normalized spacial score (nSPS) is 22.4. The van der Waals surface area contributed by atoms with Crippen molar-refractivity contribution in [1.29, 1.82) is 0 Å². The number of aryl methyl sites for hydroxylation is 2. The molecule has 5 rings (SSSR count). The lowest BCUT2D eigenvalue weighted by molar-refractivity contribution is -0.0627. The van der Waals surface area contributed by atoms with Crippen LogP contribution in [0.3, 0.4) is 0 Å². The van der Waals surface area contributed by atoms with E-state index in [1.54, 1.807) is 36.3 Å². The summed E-state index contributed by atoms with van der Waals surface area (Å²) in [6, 6.07) is 12.9. The highest BCUT2D eigenvalue weighted by molar-refractivity contribution is 7.88. The molecule has 11 heteroatoms. The molecule has 0 aromatic heterocycles. The minimum atomic E-state index is -3.60. The Morgan fingerprint density at radius 1 is 1.00 bits per heavy atom. The minimum absolute atomic E-state index is 0.0607. The molecule has 0 bridgehead atoms. The molecule has 10 nitrogen and oxygen atoms in total. The first-order valence-corrected chi connectivity index (χ1v) is 14.6. The molecule has 39 heavy (non-hydrogen) atoms. The lowest BCUT2D eigenvalue weighted by Crippen LogP contribution is -2.78. The number of hydrogen-bond acceptors (Lipinski definition) is 7. The number of likely N-dealkylation sites (tertiary alicyclic amines) is 2. The molecule has 3 fully saturated rings. The van der Waals surface area contributed by atoms with E-state index in [-0.39, 0.29) is 17.8 Å². The number of methoxy groups -OCH3 is 2. The predicted molar refractivity (Wildman–Crippen MR) is 144 cm³/mol. The quantitative estimate of drug-likeness (QED) is 0.515. The summed E-state index contributed by atoms with van der Waals surface area (Å²) in [5, 5.41) is 0. The van der Waals surface area contributed by atoms with Gasteiger partial charge in [0.15, 0.2) is 0 Å². The summed E-state index contributed by atoms with van der Waals surface area (Å²) in [6.07, 6.45) is -0.428. The van der Waals surface area contributed by atoms with Crippen LogP contribution in [0.4, 0.5) is 4.79 Å². The molecule has 1 spiro atoms. The van der Waals surface area contributed by atoms with E-state index in [0.29, 0.717) is 49.6 Å². The summed E-state index contributed by atoms with van der Waals surface area (Å²) in [4.78, 5) is 28.3. The summed E-state index contributed by atoms with van der Waals surface area (Å²) in [6.45, 7) is 5.78. The Kier molecular flexibility index (Phi) is 7.34. The number of carbonyl (C=O) groups excluding carboxylic acids is 2. The van der Waals surface area contributed by atoms with Crippen LogP contribution in [-0.2, 0) is 25.2 Å². The molecule has 2 atom stereocenters. The minimum Gasteiger partial charge on any atom is -0.486 e. The Morgan fingerprint density at radius 2 is 1.74 bits per heavy atom. The molecule has 0 saturated carbocycles. The molecule has 3 aliphatic heterocycles. The highest BCUT2D eigenvalue weighted by Crippen LogP contribution is 2.42. The van der Waals surface area contributed by atoms with E-state index < -0.39 is 27.8 Å². The summed E-state index contributed by atoms with van der Waals surface area (Å²) < 4.78 is 44.7. The molecule has 0 unspecified atom stereocenters. The zero-order valence-corrected chi connectivity index (χ0v) is 23.6. The predicted octanol–water partition coefficient (Wildman–Crippen LogP) is 2.58. The van der Waals surface area contributed by atoms with Crippen molar-refractivity contribution in [2.45, 2.75) is 43.8 Å². The average molecular weight is 558 g/mol. The second-order valence-electron chi connectivity index (χ2n) is 10.7. The molecule has 0 radical (unpaired) electrons. The number of hydrogen-bond donors (Lipinski definition) is 0. The molecule has 3 aliphatic rings. The number of carbonyl (C=O) groups is 2. The fraction of sp³-hybridized carbons (Fsp3) is 0.500. The van der Waals surface area contributed by atoms with E-state index in [0.717, 1.165) is 17.5 Å². The van der Waals surface area contributed by atoms with Crippen molar-refractivity contribution in [3.8, 4) is 5.75 Å². The number of benzene rings is 2. The molecule has 2 amide bonds. The number of nitrogens with zero attached hydrogens (tertiary/aromatic N) is 3. The van der Waals surface area contributed by atoms with Crippen LogP contribution in [0.2, 0.25) is 0 Å². The van der Waals surface area contributed by atoms with Crippen LogP contribution >= 0.6 is 0 Å². The fourth-order valence-electron chi connectivity index (χ4n) is 5.75. The van der Waals surface area contributed by atoms with Gasteiger partial charge in [0.25, 0.3) is 5.91 Å². The Hall–Kier alpha value is -3.15. The topological polar surface area (TPSA) is 106 Å². The van der Waals surface area contributed by atoms with E-state index in [4.69, 9.17) is 14.2 Å². The molecule has 0 N–H and O–H groups in total. The number of rotatable bonds is 7. The fourth-order valence-corrected chi connectivity index (χ4v) is 7.67. The maximum absolute atomic E-state index is 13.3. The molecular weight excluding hydrogens is 522 g/mol. The van der Waals surface area contributed by atoms with Gasteiger partial charge in [-0.2, -0.15) is 4.31 Å². The van der Waals surface area contributed by atoms with Crippen LogP contribution < -0.4 is 4.74 Å². The van der Waals surface area contributed by atoms with Crippen LogP contribution in [0.15, 0.2) is 42.5 Å². The van der Waals surface area contributed by atoms with E-state index in [2.05, 4.69) is 0 Å². The first-order chi connectivity index (χ1) is 18.5. The summed E-state index contributed by atoms with van der Waals surface area (Å²) in [5.74, 6) is 0.295. The van der Waals surface area contributed by atoms with Crippen LogP contribution in [0.25, 0.3) is 0 Å². The van der Waals surface area contributed by atoms with E-state index in [1.807, 2.05) is 32.0 Å². The average Bonchev–Trinajstić information content (AvgIpc) is 3.25. The van der Waals surface area contributed by atoms with Gasteiger partial charge in [-0.3, -0.25) is 4.79 Å². The van der Waals surface area contributed by atoms with Crippen molar-refractivity contribution in [3.63, 3.8) is 0 Å². The van der Waals surface area contributed by atoms with Crippen molar-refractivity contribution >= 4 is 22.0 Å². The van der Waals surface area contributed by atoms with Gasteiger partial charge in [0, 0.05) is 32.3 Å². The van der Waals surface area contributed by atoms with Crippen molar-refractivity contribution in [3.05, 3.63) is 64.7 Å². The van der Waals surface area contributed by atoms with E-state index >= 15 is 0 Å². The molecule has 3 heterocycles. The lowest BCUT2D eigenvalue weighted by atomic mass is 9.80. The second kappa shape index (κ2) is 10.4. The van der Waals surface area contributed by atoms with Crippen LogP contribution in [0.5, 0.6) is 5.75 Å². The Balaban J connectivity index is 1.24. The first-order valence-electron chi connectivity index (χ1n) is 13.0. The van der Waals surface area contributed by atoms with E-state index in [1.165, 1.54) is 16.3 Å². The SMILES string of the molecule is COC(=O)N1CC2(CCN2S(=O)(=O)Cc2cccc(O[C@@H]3CN(C(=O)c4cc(C)ccc4C)C[C@H]3OC)c2)C1. The Bertz CT molecular complexity index is 1370. The van der Waals surface area contributed by atoms with Crippen molar-refractivity contribution in [2.75, 3.05) is 46.9 Å². The first kappa shape index (κ1) is 27.4. The molecule has 3 saturated heterocycles. The van der Waals surface area contributed by atoms with Gasteiger partial charge in [-0.05, 0) is 49.6 Å². The van der Waals surface area contributed by atoms with Gasteiger partial charge in [0.05, 0.1) is 31.5 Å². The maximum Gasteiger partial charge on any atom is 0.409 e. The molecule has 2 aromatic rings. The van der Waals surface area contributed by atoms with Gasteiger partial charge < -0.3 is 24.0 Å². The third kappa shape index (κ3) is 5.22. The van der Waals surface area contributed by atoms with E-state index in [9.17, 15) is 18.0 Å². The number of sulfonamides is 1. The largest absolute Gasteiger partial charge is 0.486 e. The third-order valence-corrected chi connectivity index (χ3v) is 9.95.